The van der Waals surface area contributed by atoms with Crippen LogP contribution in [0.3, 0.4) is 0 Å². The molecule has 1 heterocycles. The molecule has 1 N–H and O–H groups in total. The number of carbonyl (C=O) groups excluding carboxylic acids is 2. The van der Waals surface area contributed by atoms with Gasteiger partial charge in [-0.1, -0.05) is 30.3 Å². The van der Waals surface area contributed by atoms with E-state index in [1.165, 1.54) is 13.0 Å². The summed E-state index contributed by atoms with van der Waals surface area (Å²) < 4.78 is 18.8. The molecule has 0 saturated heterocycles. The van der Waals surface area contributed by atoms with E-state index in [-0.39, 0.29) is 6.42 Å². The van der Waals surface area contributed by atoms with Gasteiger partial charge in [-0.15, -0.1) is 0 Å². The molecule has 5 nitrogen and oxygen atoms in total. The number of benzene rings is 2. The standard InChI is InChI=1S/C21H19FN2O3/c1-13-8-9-17(12-18(13)22)24-21(26)14(2)27-19(25)11-16-6-3-5-15-7-4-10-23-20(15)16/h3-10,12,14H,11H2,1-2H3,(H,24,26). The molecular formula is C21H19FN2O3. The molecular weight excluding hydrogens is 347 g/mol. The van der Waals surface area contributed by atoms with Crippen molar-refractivity contribution in [3.05, 3.63) is 71.7 Å². The quantitative estimate of drug-likeness (QED) is 0.698. The van der Waals surface area contributed by atoms with Crippen LogP contribution in [0.1, 0.15) is 18.1 Å². The van der Waals surface area contributed by atoms with Crippen LogP contribution in [0.2, 0.25) is 0 Å². The highest BCUT2D eigenvalue weighted by molar-refractivity contribution is 5.95. The van der Waals surface area contributed by atoms with E-state index in [2.05, 4.69) is 10.3 Å². The highest BCUT2D eigenvalue weighted by Gasteiger charge is 2.19. The fourth-order valence-corrected chi connectivity index (χ4v) is 2.67. The molecule has 1 aromatic heterocycles. The summed E-state index contributed by atoms with van der Waals surface area (Å²) >= 11 is 0. The van der Waals surface area contributed by atoms with Gasteiger partial charge in [0.1, 0.15) is 5.82 Å². The minimum absolute atomic E-state index is 0.00509. The Labute approximate surface area is 156 Å². The maximum atomic E-state index is 13.6. The van der Waals surface area contributed by atoms with E-state index >= 15 is 0 Å². The van der Waals surface area contributed by atoms with Crippen molar-refractivity contribution in [2.24, 2.45) is 0 Å². The zero-order valence-corrected chi connectivity index (χ0v) is 15.0. The van der Waals surface area contributed by atoms with Gasteiger partial charge >= 0.3 is 5.97 Å². The van der Waals surface area contributed by atoms with E-state index in [0.717, 1.165) is 16.5 Å². The third kappa shape index (κ3) is 4.47. The minimum atomic E-state index is -1.01. The molecule has 138 valence electrons. The number of carbonyl (C=O) groups is 2. The molecule has 1 atom stereocenters. The number of fused-ring (bicyclic) bond motifs is 1. The summed E-state index contributed by atoms with van der Waals surface area (Å²) in [7, 11) is 0. The van der Waals surface area contributed by atoms with Gasteiger partial charge in [-0.3, -0.25) is 14.6 Å². The van der Waals surface area contributed by atoms with Crippen molar-refractivity contribution in [1.29, 1.82) is 0 Å². The second-order valence-electron chi connectivity index (χ2n) is 6.25. The van der Waals surface area contributed by atoms with Crippen molar-refractivity contribution >= 4 is 28.5 Å². The van der Waals surface area contributed by atoms with E-state index in [4.69, 9.17) is 4.74 Å². The number of aryl methyl sites for hydroxylation is 1. The van der Waals surface area contributed by atoms with Crippen molar-refractivity contribution < 1.29 is 18.7 Å². The summed E-state index contributed by atoms with van der Waals surface area (Å²) in [6.45, 7) is 3.10. The topological polar surface area (TPSA) is 68.3 Å². The highest BCUT2D eigenvalue weighted by Crippen LogP contribution is 2.17. The molecule has 2 aromatic carbocycles. The fourth-order valence-electron chi connectivity index (χ4n) is 2.67. The van der Waals surface area contributed by atoms with Gasteiger partial charge in [-0.25, -0.2) is 4.39 Å². The summed E-state index contributed by atoms with van der Waals surface area (Å²) in [5.41, 5.74) is 2.25. The molecule has 1 unspecified atom stereocenters. The first-order valence-electron chi connectivity index (χ1n) is 8.53. The van der Waals surface area contributed by atoms with Crippen LogP contribution in [-0.2, 0) is 20.7 Å². The van der Waals surface area contributed by atoms with E-state index in [9.17, 15) is 14.0 Å². The number of nitrogens with zero attached hydrogens (tertiary/aromatic N) is 1. The maximum Gasteiger partial charge on any atom is 0.311 e. The first kappa shape index (κ1) is 18.5. The lowest BCUT2D eigenvalue weighted by Gasteiger charge is -2.14. The fraction of sp³-hybridized carbons (Fsp3) is 0.190. The van der Waals surface area contributed by atoms with Gasteiger partial charge in [-0.2, -0.15) is 0 Å². The molecule has 6 heteroatoms. The molecule has 0 spiro atoms. The Morgan fingerprint density at radius 3 is 2.74 bits per heavy atom. The lowest BCUT2D eigenvalue weighted by Crippen LogP contribution is -2.30. The van der Waals surface area contributed by atoms with Crippen LogP contribution in [-0.4, -0.2) is 23.0 Å². The minimum Gasteiger partial charge on any atom is -0.452 e. The normalized spacial score (nSPS) is 11.8. The zero-order chi connectivity index (χ0) is 19.4. The number of anilines is 1. The largest absolute Gasteiger partial charge is 0.452 e. The Morgan fingerprint density at radius 1 is 1.19 bits per heavy atom. The number of ether oxygens (including phenoxy) is 1. The lowest BCUT2D eigenvalue weighted by atomic mass is 10.1. The van der Waals surface area contributed by atoms with Gasteiger partial charge in [0, 0.05) is 17.3 Å². The average molecular weight is 366 g/mol. The second kappa shape index (κ2) is 7.95. The SMILES string of the molecule is Cc1ccc(NC(=O)C(C)OC(=O)Cc2cccc3cccnc23)cc1F. The summed E-state index contributed by atoms with van der Waals surface area (Å²) in [5.74, 6) is -1.48. The van der Waals surface area contributed by atoms with Crippen LogP contribution in [0.25, 0.3) is 10.9 Å². The van der Waals surface area contributed by atoms with E-state index in [1.807, 2.05) is 24.3 Å². The second-order valence-corrected chi connectivity index (χ2v) is 6.25. The molecule has 0 fully saturated rings. The third-order valence-corrected chi connectivity index (χ3v) is 4.17. The van der Waals surface area contributed by atoms with Gasteiger partial charge < -0.3 is 10.1 Å². The predicted molar refractivity (Wildman–Crippen MR) is 101 cm³/mol. The molecule has 3 rings (SSSR count). The van der Waals surface area contributed by atoms with Gasteiger partial charge in [0.2, 0.25) is 0 Å². The third-order valence-electron chi connectivity index (χ3n) is 4.17. The first-order valence-corrected chi connectivity index (χ1v) is 8.53. The Morgan fingerprint density at radius 2 is 1.96 bits per heavy atom. The van der Waals surface area contributed by atoms with E-state index in [1.54, 1.807) is 31.3 Å². The molecule has 0 radical (unpaired) electrons. The van der Waals surface area contributed by atoms with Crippen LogP contribution in [0.5, 0.6) is 0 Å². The maximum absolute atomic E-state index is 13.6. The number of halogens is 1. The van der Waals surface area contributed by atoms with Crippen LogP contribution < -0.4 is 5.32 Å². The number of rotatable bonds is 5. The van der Waals surface area contributed by atoms with Crippen LogP contribution >= 0.6 is 0 Å². The summed E-state index contributed by atoms with van der Waals surface area (Å²) in [6, 6.07) is 13.7. The zero-order valence-electron chi connectivity index (χ0n) is 15.0. The highest BCUT2D eigenvalue weighted by atomic mass is 19.1. The number of para-hydroxylation sites is 1. The summed E-state index contributed by atoms with van der Waals surface area (Å²) in [5, 5.41) is 3.47. The van der Waals surface area contributed by atoms with E-state index in [0.29, 0.717) is 11.3 Å². The molecule has 0 aliphatic heterocycles. The number of nitrogens with one attached hydrogen (secondary N) is 1. The molecule has 0 saturated carbocycles. The number of hydrogen-bond donors (Lipinski definition) is 1. The van der Waals surface area contributed by atoms with Crippen LogP contribution in [0.4, 0.5) is 10.1 Å². The predicted octanol–water partition coefficient (Wildman–Crippen LogP) is 3.80. The van der Waals surface area contributed by atoms with Crippen molar-refractivity contribution in [2.45, 2.75) is 26.4 Å². The number of esters is 1. The average Bonchev–Trinajstić information content (AvgIpc) is 2.65. The van der Waals surface area contributed by atoms with Crippen LogP contribution in [0.15, 0.2) is 54.7 Å². The Bertz CT molecular complexity index is 998. The molecule has 27 heavy (non-hydrogen) atoms. The Hall–Kier alpha value is -3.28. The van der Waals surface area contributed by atoms with Gasteiger partial charge in [-0.05, 0) is 43.2 Å². The number of hydrogen-bond acceptors (Lipinski definition) is 4. The molecule has 3 aromatic rings. The van der Waals surface area contributed by atoms with Crippen molar-refractivity contribution in [3.63, 3.8) is 0 Å². The summed E-state index contributed by atoms with van der Waals surface area (Å²) in [4.78, 5) is 28.7. The van der Waals surface area contributed by atoms with Gasteiger partial charge in [0.15, 0.2) is 6.10 Å². The molecule has 0 aliphatic carbocycles. The molecule has 0 bridgehead atoms. The lowest BCUT2D eigenvalue weighted by molar-refractivity contribution is -0.152. The summed E-state index contributed by atoms with van der Waals surface area (Å²) in [6.07, 6.45) is 0.656. The van der Waals surface area contributed by atoms with Gasteiger partial charge in [0.25, 0.3) is 5.91 Å². The number of amides is 1. The smallest absolute Gasteiger partial charge is 0.311 e. The van der Waals surface area contributed by atoms with Gasteiger partial charge in [0.05, 0.1) is 11.9 Å². The van der Waals surface area contributed by atoms with Crippen molar-refractivity contribution in [3.8, 4) is 0 Å². The monoisotopic (exact) mass is 366 g/mol. The van der Waals surface area contributed by atoms with Crippen molar-refractivity contribution in [1.82, 2.24) is 4.98 Å². The molecule has 1 amide bonds. The van der Waals surface area contributed by atoms with Crippen molar-refractivity contribution in [2.75, 3.05) is 5.32 Å². The number of pyridine rings is 1. The first-order chi connectivity index (χ1) is 12.9. The van der Waals surface area contributed by atoms with E-state index < -0.39 is 23.8 Å². The molecule has 0 aliphatic rings. The van der Waals surface area contributed by atoms with Crippen LogP contribution in [0, 0.1) is 12.7 Å². The Kier molecular flexibility index (Phi) is 5.45. The number of aromatic nitrogens is 1. The Balaban J connectivity index is 1.62.